The molecule has 0 unspecified atom stereocenters. The van der Waals surface area contributed by atoms with E-state index in [2.05, 4.69) is 6.07 Å². The zero-order chi connectivity index (χ0) is 20.8. The smallest absolute Gasteiger partial charge is 0.227 e. The lowest BCUT2D eigenvalue weighted by Crippen LogP contribution is -3.13. The summed E-state index contributed by atoms with van der Waals surface area (Å²) in [5.41, 5.74) is 2.02. The minimum Gasteiger partial charge on any atom is -0.496 e. The van der Waals surface area contributed by atoms with Gasteiger partial charge in [0, 0.05) is 16.1 Å². The minimum absolute atomic E-state index is 0.107. The lowest BCUT2D eigenvalue weighted by atomic mass is 10.1. The molecule has 1 heterocycles. The molecule has 0 aromatic heterocycles. The van der Waals surface area contributed by atoms with Crippen molar-refractivity contribution in [2.75, 3.05) is 47.5 Å². The maximum atomic E-state index is 12.8. The van der Waals surface area contributed by atoms with Crippen LogP contribution >= 0.6 is 11.6 Å². The van der Waals surface area contributed by atoms with Gasteiger partial charge in [-0.2, -0.15) is 0 Å². The van der Waals surface area contributed by atoms with Gasteiger partial charge in [0.25, 0.3) is 0 Å². The van der Waals surface area contributed by atoms with E-state index in [0.29, 0.717) is 17.2 Å². The molecule has 7 heteroatoms. The molecule has 0 saturated carbocycles. The van der Waals surface area contributed by atoms with Gasteiger partial charge < -0.3 is 24.0 Å². The number of hydrogen-bond donors (Lipinski definition) is 1. The first-order chi connectivity index (χ1) is 14.0. The lowest BCUT2D eigenvalue weighted by molar-refractivity contribution is -0.917. The number of nitrogens with zero attached hydrogens (tertiary/aromatic N) is 1. The third kappa shape index (κ3) is 5.34. The van der Waals surface area contributed by atoms with Crippen LogP contribution in [0.25, 0.3) is 0 Å². The summed E-state index contributed by atoms with van der Waals surface area (Å²) in [5, 5.41) is 0.609. The van der Waals surface area contributed by atoms with Gasteiger partial charge in [0.2, 0.25) is 5.91 Å². The molecule has 1 N–H and O–H groups in total. The summed E-state index contributed by atoms with van der Waals surface area (Å²) >= 11 is 6.08. The number of carbonyl (C=O) groups excluding carboxylic acids is 1. The highest BCUT2D eigenvalue weighted by Gasteiger charge is 2.25. The monoisotopic (exact) mass is 419 g/mol. The molecule has 0 radical (unpaired) electrons. The molecule has 156 valence electrons. The van der Waals surface area contributed by atoms with Crippen molar-refractivity contribution in [2.45, 2.75) is 13.0 Å². The summed E-state index contributed by atoms with van der Waals surface area (Å²) in [6.07, 6.45) is 0.300. The van der Waals surface area contributed by atoms with Crippen LogP contribution in [-0.2, 0) is 17.8 Å². The Hall–Kier alpha value is -2.44. The van der Waals surface area contributed by atoms with Gasteiger partial charge in [-0.05, 0) is 36.4 Å². The van der Waals surface area contributed by atoms with Gasteiger partial charge in [-0.1, -0.05) is 11.6 Å². The molecule has 1 aliphatic rings. The SMILES string of the molecule is COc1ccc(Cl)cc1CC(=O)N1CC[NH+](Cc2ccc(OC)c(OC)c2)CC1. The standard InChI is InChI=1S/C22H27ClN2O4/c1-27-19-7-5-18(23)13-17(19)14-22(26)25-10-8-24(9-11-25)15-16-4-6-20(28-2)21(12-16)29-3/h4-7,12-13H,8-11,14-15H2,1-3H3/p+1. The molecule has 3 rings (SSSR count). The molecule has 6 nitrogen and oxygen atoms in total. The molecule has 1 saturated heterocycles. The van der Waals surface area contributed by atoms with E-state index in [9.17, 15) is 4.79 Å². The van der Waals surface area contributed by atoms with E-state index in [1.165, 1.54) is 10.5 Å². The average molecular weight is 420 g/mol. The zero-order valence-electron chi connectivity index (χ0n) is 17.2. The van der Waals surface area contributed by atoms with Crippen molar-refractivity contribution in [1.29, 1.82) is 0 Å². The summed E-state index contributed by atoms with van der Waals surface area (Å²) in [5.74, 6) is 2.28. The number of carbonyl (C=O) groups is 1. The fourth-order valence-corrected chi connectivity index (χ4v) is 3.88. The molecule has 2 aromatic carbocycles. The van der Waals surface area contributed by atoms with Crippen LogP contribution in [0.4, 0.5) is 0 Å². The number of rotatable bonds is 7. The van der Waals surface area contributed by atoms with Gasteiger partial charge in [0.15, 0.2) is 11.5 Å². The van der Waals surface area contributed by atoms with Crippen molar-refractivity contribution in [2.24, 2.45) is 0 Å². The Balaban J connectivity index is 1.55. The summed E-state index contributed by atoms with van der Waals surface area (Å²) in [6.45, 7) is 4.19. The first kappa shape index (κ1) is 21.3. The number of piperazine rings is 1. The summed E-state index contributed by atoms with van der Waals surface area (Å²) in [4.78, 5) is 16.1. The Kier molecular flexibility index (Phi) is 7.23. The van der Waals surface area contributed by atoms with Crippen molar-refractivity contribution in [3.05, 3.63) is 52.5 Å². The van der Waals surface area contributed by atoms with Crippen LogP contribution in [0.2, 0.25) is 5.02 Å². The third-order valence-electron chi connectivity index (χ3n) is 5.31. The van der Waals surface area contributed by atoms with Crippen molar-refractivity contribution >= 4 is 17.5 Å². The largest absolute Gasteiger partial charge is 0.496 e. The van der Waals surface area contributed by atoms with Crippen molar-refractivity contribution in [3.63, 3.8) is 0 Å². The number of ether oxygens (including phenoxy) is 3. The van der Waals surface area contributed by atoms with Crippen LogP contribution in [0.15, 0.2) is 36.4 Å². The van der Waals surface area contributed by atoms with E-state index in [1.807, 2.05) is 17.0 Å². The first-order valence-corrected chi connectivity index (χ1v) is 10.1. The number of methoxy groups -OCH3 is 3. The summed E-state index contributed by atoms with van der Waals surface area (Å²) in [7, 11) is 4.89. The number of nitrogens with one attached hydrogen (secondary N) is 1. The van der Waals surface area contributed by atoms with Crippen LogP contribution in [0.3, 0.4) is 0 Å². The maximum absolute atomic E-state index is 12.8. The average Bonchev–Trinajstić information content (AvgIpc) is 2.74. The number of benzene rings is 2. The molecule has 1 fully saturated rings. The second-order valence-corrected chi connectivity index (χ2v) is 7.57. The van der Waals surface area contributed by atoms with Gasteiger partial charge in [-0.15, -0.1) is 0 Å². The normalized spacial score (nSPS) is 14.6. The Bertz CT molecular complexity index is 851. The first-order valence-electron chi connectivity index (χ1n) is 9.68. The summed E-state index contributed by atoms with van der Waals surface area (Å²) in [6, 6.07) is 11.4. The number of hydrogen-bond acceptors (Lipinski definition) is 4. The third-order valence-corrected chi connectivity index (χ3v) is 5.54. The topological polar surface area (TPSA) is 52.4 Å². The van der Waals surface area contributed by atoms with E-state index in [-0.39, 0.29) is 5.91 Å². The molecule has 1 aliphatic heterocycles. The molecular formula is C22H28ClN2O4+. The van der Waals surface area contributed by atoms with Crippen molar-refractivity contribution in [1.82, 2.24) is 4.90 Å². The van der Waals surface area contributed by atoms with Gasteiger partial charge >= 0.3 is 0 Å². The molecular weight excluding hydrogens is 392 g/mol. The predicted octanol–water partition coefficient (Wildman–Crippen LogP) is 1.84. The van der Waals surface area contributed by atoms with Crippen molar-refractivity contribution < 1.29 is 23.9 Å². The fraction of sp³-hybridized carbons (Fsp3) is 0.409. The number of quaternary nitrogens is 1. The molecule has 1 amide bonds. The van der Waals surface area contributed by atoms with Crippen LogP contribution in [0.5, 0.6) is 17.2 Å². The maximum Gasteiger partial charge on any atom is 0.227 e. The Morgan fingerprint density at radius 3 is 2.28 bits per heavy atom. The molecule has 2 aromatic rings. The van der Waals surface area contributed by atoms with Gasteiger partial charge in [-0.25, -0.2) is 0 Å². The molecule has 0 atom stereocenters. The Labute approximate surface area is 176 Å². The summed E-state index contributed by atoms with van der Waals surface area (Å²) < 4.78 is 16.0. The number of halogens is 1. The second kappa shape index (κ2) is 9.85. The highest BCUT2D eigenvalue weighted by molar-refractivity contribution is 6.30. The molecule has 0 spiro atoms. The molecule has 0 bridgehead atoms. The second-order valence-electron chi connectivity index (χ2n) is 7.13. The Morgan fingerprint density at radius 2 is 1.62 bits per heavy atom. The van der Waals surface area contributed by atoms with Crippen LogP contribution < -0.4 is 19.1 Å². The van der Waals surface area contributed by atoms with Crippen LogP contribution in [-0.4, -0.2) is 58.3 Å². The van der Waals surface area contributed by atoms with E-state index < -0.39 is 0 Å². The van der Waals surface area contributed by atoms with E-state index in [4.69, 9.17) is 25.8 Å². The van der Waals surface area contributed by atoms with Gasteiger partial charge in [-0.3, -0.25) is 4.79 Å². The lowest BCUT2D eigenvalue weighted by Gasteiger charge is -2.32. The van der Waals surface area contributed by atoms with E-state index >= 15 is 0 Å². The number of amides is 1. The molecule has 29 heavy (non-hydrogen) atoms. The van der Waals surface area contributed by atoms with Crippen LogP contribution in [0.1, 0.15) is 11.1 Å². The fourth-order valence-electron chi connectivity index (χ4n) is 3.69. The zero-order valence-corrected chi connectivity index (χ0v) is 17.9. The van der Waals surface area contributed by atoms with Gasteiger partial charge in [0.1, 0.15) is 12.3 Å². The highest BCUT2D eigenvalue weighted by Crippen LogP contribution is 2.27. The van der Waals surface area contributed by atoms with E-state index in [1.54, 1.807) is 39.5 Å². The quantitative estimate of drug-likeness (QED) is 0.744. The Morgan fingerprint density at radius 1 is 0.966 bits per heavy atom. The van der Waals surface area contributed by atoms with Crippen molar-refractivity contribution in [3.8, 4) is 17.2 Å². The highest BCUT2D eigenvalue weighted by atomic mass is 35.5. The van der Waals surface area contributed by atoms with Crippen LogP contribution in [0, 0.1) is 0 Å². The predicted molar refractivity (Wildman–Crippen MR) is 112 cm³/mol. The molecule has 0 aliphatic carbocycles. The van der Waals surface area contributed by atoms with E-state index in [0.717, 1.165) is 49.8 Å². The minimum atomic E-state index is 0.107. The van der Waals surface area contributed by atoms with Gasteiger partial charge in [0.05, 0.1) is 53.9 Å².